The van der Waals surface area contributed by atoms with E-state index in [-0.39, 0.29) is 0 Å². The Kier molecular flexibility index (Phi) is 9.64. The topological polar surface area (TPSA) is 13.0 Å². The molecule has 0 rings (SSSR count). The van der Waals surface area contributed by atoms with Crippen LogP contribution in [-0.4, -0.2) is 100 Å². The number of hydrogen-bond acceptors (Lipinski definition) is 4. The molecule has 0 aliphatic rings. The second-order valence-corrected chi connectivity index (χ2v) is 6.02. The summed E-state index contributed by atoms with van der Waals surface area (Å²) >= 11 is 0. The van der Waals surface area contributed by atoms with Gasteiger partial charge < -0.3 is 14.7 Å². The molecule has 0 aliphatic carbocycles. The van der Waals surface area contributed by atoms with E-state index in [4.69, 9.17) is 0 Å². The van der Waals surface area contributed by atoms with E-state index in [1.165, 1.54) is 0 Å². The van der Waals surface area contributed by atoms with Gasteiger partial charge in [-0.15, -0.1) is 0 Å². The van der Waals surface area contributed by atoms with Gasteiger partial charge in [-0.3, -0.25) is 4.90 Å². The molecule has 18 heavy (non-hydrogen) atoms. The summed E-state index contributed by atoms with van der Waals surface area (Å²) in [6.45, 7) is 11.4. The molecule has 0 atom stereocenters. The third-order valence-corrected chi connectivity index (χ3v) is 3.38. The summed E-state index contributed by atoms with van der Waals surface area (Å²) < 4.78 is 0. The van der Waals surface area contributed by atoms with Gasteiger partial charge in [-0.25, -0.2) is 0 Å². The molecule has 4 heteroatoms. The Hall–Kier alpha value is -0.160. The van der Waals surface area contributed by atoms with E-state index in [1.54, 1.807) is 0 Å². The van der Waals surface area contributed by atoms with E-state index in [1.807, 2.05) is 0 Å². The van der Waals surface area contributed by atoms with E-state index in [0.717, 1.165) is 39.3 Å². The zero-order valence-corrected chi connectivity index (χ0v) is 13.6. The van der Waals surface area contributed by atoms with Crippen molar-refractivity contribution >= 4 is 0 Å². The second-order valence-electron chi connectivity index (χ2n) is 6.02. The van der Waals surface area contributed by atoms with E-state index in [2.05, 4.69) is 68.7 Å². The molecule has 0 radical (unpaired) electrons. The molecule has 0 saturated heterocycles. The van der Waals surface area contributed by atoms with E-state index < -0.39 is 0 Å². The summed E-state index contributed by atoms with van der Waals surface area (Å²) in [5.41, 5.74) is 0. The van der Waals surface area contributed by atoms with Crippen LogP contribution >= 0.6 is 0 Å². The van der Waals surface area contributed by atoms with Crippen LogP contribution in [0.1, 0.15) is 13.8 Å². The van der Waals surface area contributed by atoms with Crippen LogP contribution in [0.5, 0.6) is 0 Å². The van der Waals surface area contributed by atoms with Gasteiger partial charge in [-0.1, -0.05) is 0 Å². The molecular weight excluding hydrogens is 224 g/mol. The maximum Gasteiger partial charge on any atom is 0.0110 e. The zero-order valence-electron chi connectivity index (χ0n) is 13.6. The van der Waals surface area contributed by atoms with Crippen LogP contribution < -0.4 is 0 Å². The van der Waals surface area contributed by atoms with Gasteiger partial charge in [0.2, 0.25) is 0 Å². The first-order valence-corrected chi connectivity index (χ1v) is 7.05. The minimum Gasteiger partial charge on any atom is -0.308 e. The molecule has 0 amide bonds. The molecule has 4 nitrogen and oxygen atoms in total. The van der Waals surface area contributed by atoms with Crippen molar-refractivity contribution in [2.45, 2.75) is 19.9 Å². The molecule has 0 N–H and O–H groups in total. The van der Waals surface area contributed by atoms with Crippen molar-refractivity contribution in [2.24, 2.45) is 0 Å². The van der Waals surface area contributed by atoms with Crippen molar-refractivity contribution in [2.75, 3.05) is 74.5 Å². The predicted molar refractivity (Wildman–Crippen MR) is 81.3 cm³/mol. The summed E-state index contributed by atoms with van der Waals surface area (Å²) in [5.74, 6) is 0. The third kappa shape index (κ3) is 9.83. The SMILES string of the molecule is CC(C)N(C)CCN(CCN(C)C)CCN(C)C. The van der Waals surface area contributed by atoms with Gasteiger partial charge in [0.1, 0.15) is 0 Å². The van der Waals surface area contributed by atoms with Crippen molar-refractivity contribution in [3.05, 3.63) is 0 Å². The van der Waals surface area contributed by atoms with Crippen molar-refractivity contribution in [1.82, 2.24) is 19.6 Å². The average molecular weight is 258 g/mol. The lowest BCUT2D eigenvalue weighted by Gasteiger charge is -2.29. The van der Waals surface area contributed by atoms with Crippen LogP contribution in [0.3, 0.4) is 0 Å². The second kappa shape index (κ2) is 9.73. The monoisotopic (exact) mass is 258 g/mol. The molecule has 0 aromatic heterocycles. The Morgan fingerprint density at radius 3 is 1.33 bits per heavy atom. The highest BCUT2D eigenvalue weighted by molar-refractivity contribution is 4.65. The molecular formula is C14H34N4. The number of likely N-dealkylation sites (N-methyl/N-ethyl adjacent to an activating group) is 3. The van der Waals surface area contributed by atoms with Crippen molar-refractivity contribution in [3.63, 3.8) is 0 Å². The summed E-state index contributed by atoms with van der Waals surface area (Å²) in [4.78, 5) is 9.50. The van der Waals surface area contributed by atoms with Gasteiger partial charge in [0.25, 0.3) is 0 Å². The average Bonchev–Trinajstić information content (AvgIpc) is 2.26. The van der Waals surface area contributed by atoms with Crippen molar-refractivity contribution in [3.8, 4) is 0 Å². The van der Waals surface area contributed by atoms with Crippen molar-refractivity contribution < 1.29 is 0 Å². The van der Waals surface area contributed by atoms with Gasteiger partial charge in [0.05, 0.1) is 0 Å². The highest BCUT2D eigenvalue weighted by Gasteiger charge is 2.09. The minimum absolute atomic E-state index is 0.634. The van der Waals surface area contributed by atoms with Crippen LogP contribution in [0.25, 0.3) is 0 Å². The maximum atomic E-state index is 2.57. The fraction of sp³-hybridized carbons (Fsp3) is 1.00. The highest BCUT2D eigenvalue weighted by atomic mass is 15.2. The first-order valence-electron chi connectivity index (χ1n) is 7.05. The lowest BCUT2D eigenvalue weighted by molar-refractivity contribution is 0.179. The Morgan fingerprint density at radius 1 is 0.611 bits per heavy atom. The highest BCUT2D eigenvalue weighted by Crippen LogP contribution is 1.96. The summed E-state index contributed by atoms with van der Waals surface area (Å²) in [6.07, 6.45) is 0. The molecule has 0 bridgehead atoms. The van der Waals surface area contributed by atoms with Gasteiger partial charge >= 0.3 is 0 Å². The summed E-state index contributed by atoms with van der Waals surface area (Å²) in [6, 6.07) is 0.634. The van der Waals surface area contributed by atoms with Crippen LogP contribution in [0, 0.1) is 0 Å². The Bertz CT molecular complexity index is 180. The van der Waals surface area contributed by atoms with E-state index >= 15 is 0 Å². The van der Waals surface area contributed by atoms with Crippen LogP contribution in [0.2, 0.25) is 0 Å². The molecule has 0 fully saturated rings. The Balaban J connectivity index is 4.03. The smallest absolute Gasteiger partial charge is 0.0110 e. The Morgan fingerprint density at radius 2 is 1.00 bits per heavy atom. The lowest BCUT2D eigenvalue weighted by atomic mass is 10.3. The molecule has 0 aromatic rings. The third-order valence-electron chi connectivity index (χ3n) is 3.38. The molecule has 0 aliphatic heterocycles. The number of rotatable bonds is 10. The van der Waals surface area contributed by atoms with E-state index in [9.17, 15) is 0 Å². The van der Waals surface area contributed by atoms with Crippen LogP contribution in [-0.2, 0) is 0 Å². The van der Waals surface area contributed by atoms with E-state index in [0.29, 0.717) is 6.04 Å². The summed E-state index contributed by atoms with van der Waals surface area (Å²) in [7, 11) is 10.8. The van der Waals surface area contributed by atoms with Gasteiger partial charge in [0, 0.05) is 45.3 Å². The Labute approximate surface area is 115 Å². The van der Waals surface area contributed by atoms with Gasteiger partial charge in [0.15, 0.2) is 0 Å². The fourth-order valence-electron chi connectivity index (χ4n) is 1.58. The largest absolute Gasteiger partial charge is 0.308 e. The van der Waals surface area contributed by atoms with Gasteiger partial charge in [-0.2, -0.15) is 0 Å². The quantitative estimate of drug-likeness (QED) is 0.573. The molecule has 0 unspecified atom stereocenters. The number of hydrogen-bond donors (Lipinski definition) is 0. The summed E-state index contributed by atoms with van der Waals surface area (Å²) in [5, 5.41) is 0. The standard InChI is InChI=1S/C14H34N4/c1-14(2)17(7)10-13-18(11-8-15(3)4)12-9-16(5)6/h14H,8-13H2,1-7H3. The zero-order chi connectivity index (χ0) is 14.1. The fourth-order valence-corrected chi connectivity index (χ4v) is 1.58. The van der Waals surface area contributed by atoms with Crippen LogP contribution in [0.4, 0.5) is 0 Å². The first-order chi connectivity index (χ1) is 8.32. The molecule has 0 heterocycles. The first kappa shape index (κ1) is 17.8. The normalized spacial score (nSPS) is 12.7. The van der Waals surface area contributed by atoms with Crippen molar-refractivity contribution in [1.29, 1.82) is 0 Å². The predicted octanol–water partition coefficient (Wildman–Crippen LogP) is 0.752. The molecule has 0 aromatic carbocycles. The number of nitrogens with zero attached hydrogens (tertiary/aromatic N) is 4. The van der Waals surface area contributed by atoms with Gasteiger partial charge in [-0.05, 0) is 49.1 Å². The minimum atomic E-state index is 0.634. The maximum absolute atomic E-state index is 2.57. The van der Waals surface area contributed by atoms with Crippen LogP contribution in [0.15, 0.2) is 0 Å². The molecule has 110 valence electrons. The molecule has 0 saturated carbocycles. The molecule has 0 spiro atoms. The lowest BCUT2D eigenvalue weighted by Crippen LogP contribution is -2.41.